The van der Waals surface area contributed by atoms with Crippen molar-refractivity contribution in [2.45, 2.75) is 77.7 Å². The fourth-order valence-corrected chi connectivity index (χ4v) is 8.16. The van der Waals surface area contributed by atoms with Crippen LogP contribution >= 0.6 is 0 Å². The van der Waals surface area contributed by atoms with Crippen molar-refractivity contribution >= 4 is 5.78 Å². The van der Waals surface area contributed by atoms with Crippen LogP contribution in [0.2, 0.25) is 0 Å². The van der Waals surface area contributed by atoms with Gasteiger partial charge in [0, 0.05) is 5.56 Å². The molecular formula is C27H36O2. The van der Waals surface area contributed by atoms with Crippen molar-refractivity contribution in [3.8, 4) is 0 Å². The van der Waals surface area contributed by atoms with Gasteiger partial charge in [0.05, 0.1) is 6.10 Å². The molecule has 0 aliphatic heterocycles. The minimum absolute atomic E-state index is 0.0662. The average Bonchev–Trinajstić information content (AvgIpc) is 3.05. The minimum Gasteiger partial charge on any atom is -0.393 e. The molecule has 0 amide bonds. The summed E-state index contributed by atoms with van der Waals surface area (Å²) >= 11 is 0. The third-order valence-corrected chi connectivity index (χ3v) is 9.85. The van der Waals surface area contributed by atoms with E-state index in [0.717, 1.165) is 42.6 Å². The van der Waals surface area contributed by atoms with Crippen LogP contribution < -0.4 is 0 Å². The number of aliphatic hydroxyl groups is 1. The molecule has 1 N–H and O–H groups in total. The summed E-state index contributed by atoms with van der Waals surface area (Å²) in [5, 5.41) is 10.2. The zero-order valence-electron chi connectivity index (χ0n) is 18.1. The second-order valence-corrected chi connectivity index (χ2v) is 11.0. The Morgan fingerprint density at radius 3 is 2.59 bits per heavy atom. The van der Waals surface area contributed by atoms with E-state index in [1.165, 1.54) is 44.1 Å². The highest BCUT2D eigenvalue weighted by Gasteiger charge is 2.58. The molecule has 0 bridgehead atoms. The van der Waals surface area contributed by atoms with Gasteiger partial charge in [-0.2, -0.15) is 0 Å². The molecule has 4 fully saturated rings. The molecule has 4 aliphatic carbocycles. The smallest absolute Gasteiger partial charge is 0.185 e. The van der Waals surface area contributed by atoms with Gasteiger partial charge in [-0.15, -0.1) is 0 Å². The summed E-state index contributed by atoms with van der Waals surface area (Å²) < 4.78 is 0. The summed E-state index contributed by atoms with van der Waals surface area (Å²) in [5.74, 6) is 3.26. The molecule has 5 rings (SSSR count). The summed E-state index contributed by atoms with van der Waals surface area (Å²) in [6.07, 6.45) is 12.7. The van der Waals surface area contributed by atoms with Crippen LogP contribution in [-0.2, 0) is 0 Å². The molecule has 0 saturated heterocycles. The molecule has 0 radical (unpaired) electrons. The van der Waals surface area contributed by atoms with E-state index in [1.54, 1.807) is 0 Å². The molecule has 0 unspecified atom stereocenters. The van der Waals surface area contributed by atoms with Crippen molar-refractivity contribution in [2.24, 2.45) is 34.5 Å². The Morgan fingerprint density at radius 1 is 1.00 bits per heavy atom. The molecular weight excluding hydrogens is 356 g/mol. The molecule has 0 aromatic heterocycles. The first-order valence-electron chi connectivity index (χ1n) is 11.9. The van der Waals surface area contributed by atoms with Crippen LogP contribution in [0.1, 0.15) is 82.0 Å². The van der Waals surface area contributed by atoms with Gasteiger partial charge in [-0.1, -0.05) is 49.8 Å². The fraction of sp³-hybridized carbons (Fsp3) is 0.667. The van der Waals surface area contributed by atoms with Crippen molar-refractivity contribution < 1.29 is 9.90 Å². The fourth-order valence-electron chi connectivity index (χ4n) is 8.16. The highest BCUT2D eigenvalue weighted by Crippen LogP contribution is 2.67. The number of carbonyl (C=O) groups is 1. The van der Waals surface area contributed by atoms with Crippen molar-refractivity contribution in [2.75, 3.05) is 0 Å². The predicted molar refractivity (Wildman–Crippen MR) is 117 cm³/mol. The molecule has 4 saturated carbocycles. The lowest BCUT2D eigenvalue weighted by atomic mass is 9.45. The summed E-state index contributed by atoms with van der Waals surface area (Å²) in [6, 6.07) is 9.75. The maximum atomic E-state index is 12.9. The predicted octanol–water partition coefficient (Wildman–Crippen LogP) is 6.20. The number of aliphatic hydroxyl groups excluding tert-OH is 1. The Morgan fingerprint density at radius 2 is 1.79 bits per heavy atom. The summed E-state index contributed by atoms with van der Waals surface area (Å²) in [6.45, 7) is 5.01. The van der Waals surface area contributed by atoms with Crippen molar-refractivity contribution in [3.05, 3.63) is 47.5 Å². The molecule has 2 nitrogen and oxygen atoms in total. The van der Waals surface area contributed by atoms with Gasteiger partial charge in [0.2, 0.25) is 0 Å². The maximum Gasteiger partial charge on any atom is 0.185 e. The van der Waals surface area contributed by atoms with Crippen LogP contribution in [0.3, 0.4) is 0 Å². The number of hydrogen-bond donors (Lipinski definition) is 1. The van der Waals surface area contributed by atoms with Gasteiger partial charge < -0.3 is 5.11 Å². The number of hydrogen-bond acceptors (Lipinski definition) is 2. The van der Waals surface area contributed by atoms with E-state index in [2.05, 4.69) is 13.8 Å². The number of rotatable bonds is 2. The first kappa shape index (κ1) is 19.5. The van der Waals surface area contributed by atoms with Gasteiger partial charge in [-0.25, -0.2) is 0 Å². The van der Waals surface area contributed by atoms with Gasteiger partial charge in [0.25, 0.3) is 0 Å². The van der Waals surface area contributed by atoms with Gasteiger partial charge in [0.1, 0.15) is 0 Å². The lowest BCUT2D eigenvalue weighted by Crippen LogP contribution is -2.53. The largest absolute Gasteiger partial charge is 0.393 e. The van der Waals surface area contributed by atoms with E-state index in [9.17, 15) is 9.90 Å². The second-order valence-electron chi connectivity index (χ2n) is 11.0. The Balaban J connectivity index is 1.40. The second kappa shape index (κ2) is 7.08. The van der Waals surface area contributed by atoms with Gasteiger partial charge in [-0.05, 0) is 98.4 Å². The summed E-state index contributed by atoms with van der Waals surface area (Å²) in [7, 11) is 0. The van der Waals surface area contributed by atoms with Crippen LogP contribution in [0.4, 0.5) is 0 Å². The number of carbonyl (C=O) groups excluding carboxylic acids is 1. The van der Waals surface area contributed by atoms with Crippen LogP contribution in [0, 0.1) is 34.5 Å². The third kappa shape index (κ3) is 3.05. The van der Waals surface area contributed by atoms with Crippen molar-refractivity contribution in [1.82, 2.24) is 0 Å². The van der Waals surface area contributed by atoms with Gasteiger partial charge >= 0.3 is 0 Å². The lowest BCUT2D eigenvalue weighted by molar-refractivity contribution is -0.116. The molecule has 1 aromatic carbocycles. The third-order valence-electron chi connectivity index (χ3n) is 9.85. The number of fused-ring (bicyclic) bond motifs is 5. The molecule has 0 spiro atoms. The topological polar surface area (TPSA) is 37.3 Å². The Kier molecular flexibility index (Phi) is 4.77. The van der Waals surface area contributed by atoms with Gasteiger partial charge in [0.15, 0.2) is 5.78 Å². The van der Waals surface area contributed by atoms with Crippen LogP contribution in [0.5, 0.6) is 0 Å². The zero-order valence-corrected chi connectivity index (χ0v) is 18.1. The molecule has 0 heterocycles. The number of allylic oxidation sites excluding steroid dienone is 2. The van der Waals surface area contributed by atoms with E-state index < -0.39 is 0 Å². The van der Waals surface area contributed by atoms with Crippen molar-refractivity contribution in [1.29, 1.82) is 0 Å². The molecule has 1 aromatic rings. The Labute approximate surface area is 175 Å². The van der Waals surface area contributed by atoms with E-state index in [4.69, 9.17) is 0 Å². The first-order valence-corrected chi connectivity index (χ1v) is 11.9. The monoisotopic (exact) mass is 392 g/mol. The zero-order chi connectivity index (χ0) is 20.2. The highest BCUT2D eigenvalue weighted by atomic mass is 16.3. The van der Waals surface area contributed by atoms with Crippen LogP contribution in [0.25, 0.3) is 0 Å². The molecule has 2 heteroatoms. The Hall–Kier alpha value is -1.41. The SMILES string of the molecule is C[C@]12CC[C@H](O)C[C@@H]1CC[C@@H]1[C@@H]2CC[C@]2(C)/C(=C/C(=O)c3ccccc3)CC[C@@H]12. The summed E-state index contributed by atoms with van der Waals surface area (Å²) in [4.78, 5) is 12.9. The van der Waals surface area contributed by atoms with Crippen LogP contribution in [0.15, 0.2) is 42.0 Å². The quantitative estimate of drug-likeness (QED) is 0.480. The normalized spacial score (nSPS) is 45.3. The number of ketones is 1. The first-order chi connectivity index (χ1) is 13.9. The lowest BCUT2D eigenvalue weighted by Gasteiger charge is -2.60. The minimum atomic E-state index is -0.0662. The van der Waals surface area contributed by atoms with E-state index >= 15 is 0 Å². The van der Waals surface area contributed by atoms with E-state index in [-0.39, 0.29) is 17.3 Å². The molecule has 29 heavy (non-hydrogen) atoms. The van der Waals surface area contributed by atoms with E-state index in [1.807, 2.05) is 36.4 Å². The molecule has 156 valence electrons. The number of benzene rings is 1. The van der Waals surface area contributed by atoms with Gasteiger partial charge in [-0.3, -0.25) is 4.79 Å². The summed E-state index contributed by atoms with van der Waals surface area (Å²) in [5.41, 5.74) is 2.87. The average molecular weight is 393 g/mol. The molecule has 4 aliphatic rings. The van der Waals surface area contributed by atoms with E-state index in [0.29, 0.717) is 11.3 Å². The Bertz CT molecular complexity index is 811. The maximum absolute atomic E-state index is 12.9. The van der Waals surface area contributed by atoms with Crippen molar-refractivity contribution in [3.63, 3.8) is 0 Å². The standard InChI is InChI=1S/C27H36O2/c1-26-14-12-21(28)16-19(26)8-10-22-23-11-9-20(27(23,2)15-13-24(22)26)17-25(29)18-6-4-3-5-7-18/h3-7,17,19,21-24,28H,8-16H2,1-2H3/b20-17+/t19-,21-,22-,23-,24-,26-,27+/m0/s1. The highest BCUT2D eigenvalue weighted by molar-refractivity contribution is 6.05. The molecule has 7 atom stereocenters. The van der Waals surface area contributed by atoms with Crippen LogP contribution in [-0.4, -0.2) is 17.0 Å².